The third-order valence-corrected chi connectivity index (χ3v) is 6.72. The number of hydrogen-bond acceptors (Lipinski definition) is 9. The van der Waals surface area contributed by atoms with Crippen LogP contribution in [0, 0.1) is 52.2 Å². The van der Waals surface area contributed by atoms with Gasteiger partial charge in [-0.1, -0.05) is 0 Å². The number of halogens is 9. The molecule has 0 amide bonds. The number of fused-ring (bicyclic) bond motifs is 2. The second kappa shape index (κ2) is 12.3. The van der Waals surface area contributed by atoms with Gasteiger partial charge in [0.2, 0.25) is 0 Å². The summed E-state index contributed by atoms with van der Waals surface area (Å²) in [6.45, 7) is 1.45. The molecule has 0 atom stereocenters. The van der Waals surface area contributed by atoms with Gasteiger partial charge in [0.05, 0.1) is 22.8 Å². The number of aliphatic imine (C=N–C) groups is 2. The van der Waals surface area contributed by atoms with Gasteiger partial charge in [-0.15, -0.1) is 39.5 Å². The fraction of sp³-hybridized carbons (Fsp3) is 0.125. The van der Waals surface area contributed by atoms with Crippen LogP contribution in [-0.2, 0) is 0 Å². The lowest BCUT2D eigenvalue weighted by Crippen LogP contribution is -2.19. The molecule has 0 saturated carbocycles. The van der Waals surface area contributed by atoms with E-state index in [1.807, 2.05) is 0 Å². The number of allylic oxidation sites excluding steroid dienone is 4. The van der Waals surface area contributed by atoms with Crippen molar-refractivity contribution in [1.82, 2.24) is 0 Å². The van der Waals surface area contributed by atoms with Crippen molar-refractivity contribution in [2.24, 2.45) is 9.98 Å². The largest absolute Gasteiger partial charge is 0.573 e. The minimum absolute atomic E-state index is 0.00363. The minimum Gasteiger partial charge on any atom is -0.406 e. The summed E-state index contributed by atoms with van der Waals surface area (Å²) >= 11 is 0. The summed E-state index contributed by atoms with van der Waals surface area (Å²) in [4.78, 5) is 8.68. The molecule has 50 heavy (non-hydrogen) atoms. The maximum absolute atomic E-state index is 13.1. The molecule has 2 aliphatic heterocycles. The molecule has 3 aromatic carbocycles. The zero-order valence-corrected chi connectivity index (χ0v) is 24.4. The fourth-order valence-corrected chi connectivity index (χ4v) is 5.14. The molecule has 9 nitrogen and oxygen atoms in total. The van der Waals surface area contributed by atoms with Crippen LogP contribution in [0.25, 0.3) is 11.1 Å². The average Bonchev–Trinajstić information content (AvgIpc) is 3.53. The Morgan fingerprint density at radius 1 is 0.520 bits per heavy atom. The van der Waals surface area contributed by atoms with Crippen LogP contribution in [0.5, 0.6) is 17.2 Å². The molecule has 0 N–H and O–H groups in total. The molecule has 0 radical (unpaired) electrons. The van der Waals surface area contributed by atoms with Crippen LogP contribution in [0.3, 0.4) is 0 Å². The Labute approximate surface area is 273 Å². The number of alkyl halides is 9. The fourth-order valence-electron chi connectivity index (χ4n) is 5.14. The smallest absolute Gasteiger partial charge is 0.406 e. The number of hydrogen-bond donors (Lipinski definition) is 0. The Kier molecular flexibility index (Phi) is 8.53. The molecule has 0 bridgehead atoms. The molecular weight excluding hydrogens is 687 g/mol. The van der Waals surface area contributed by atoms with Crippen LogP contribution >= 0.6 is 0 Å². The second-order valence-electron chi connectivity index (χ2n) is 10.1. The van der Waals surface area contributed by atoms with Gasteiger partial charge in [0, 0.05) is 39.5 Å². The van der Waals surface area contributed by atoms with Gasteiger partial charge in [-0.25, -0.2) is 9.98 Å². The summed E-state index contributed by atoms with van der Waals surface area (Å²) in [5.41, 5.74) is -2.86. The van der Waals surface area contributed by atoms with E-state index in [0.717, 1.165) is 12.1 Å². The molecule has 250 valence electrons. The predicted octanol–water partition coefficient (Wildman–Crippen LogP) is 8.56. The lowest BCUT2D eigenvalue weighted by molar-refractivity contribution is -0.277. The van der Waals surface area contributed by atoms with E-state index in [-0.39, 0.29) is 50.5 Å². The van der Waals surface area contributed by atoms with Gasteiger partial charge in [-0.3, -0.25) is 0 Å². The molecule has 0 saturated heterocycles. The van der Waals surface area contributed by atoms with Gasteiger partial charge in [0.15, 0.2) is 0 Å². The summed E-state index contributed by atoms with van der Waals surface area (Å²) < 4.78 is 129. The van der Waals surface area contributed by atoms with Gasteiger partial charge in [-0.2, -0.15) is 21.0 Å². The molecule has 0 spiro atoms. The average molecular weight is 698 g/mol. The number of nitriles is 4. The molecule has 5 rings (SSSR count). The van der Waals surface area contributed by atoms with E-state index in [4.69, 9.17) is 0 Å². The monoisotopic (exact) mass is 698 g/mol. The van der Waals surface area contributed by atoms with E-state index in [0.29, 0.717) is 18.2 Å². The molecule has 0 fully saturated rings. The number of nitrogens with zero attached hydrogens (tertiary/aromatic N) is 6. The van der Waals surface area contributed by atoms with E-state index in [1.54, 1.807) is 24.3 Å². The van der Waals surface area contributed by atoms with Crippen molar-refractivity contribution < 1.29 is 53.7 Å². The first-order valence-corrected chi connectivity index (χ1v) is 13.3. The highest BCUT2D eigenvalue weighted by Gasteiger charge is 2.37. The van der Waals surface area contributed by atoms with Crippen LogP contribution < -0.4 is 14.2 Å². The van der Waals surface area contributed by atoms with E-state index >= 15 is 0 Å². The van der Waals surface area contributed by atoms with Crippen LogP contribution in [0.1, 0.15) is 27.8 Å². The summed E-state index contributed by atoms with van der Waals surface area (Å²) in [6, 6.07) is 14.0. The van der Waals surface area contributed by atoms with Crippen LogP contribution in [0.15, 0.2) is 69.7 Å². The predicted molar refractivity (Wildman–Crippen MR) is 153 cm³/mol. The van der Waals surface area contributed by atoms with Crippen molar-refractivity contribution in [3.63, 3.8) is 0 Å². The highest BCUT2D eigenvalue weighted by Crippen LogP contribution is 2.48. The molecular formula is C32H11F9N6O3. The quantitative estimate of drug-likeness (QED) is 0.192. The van der Waals surface area contributed by atoms with Crippen LogP contribution in [0.2, 0.25) is 0 Å². The summed E-state index contributed by atoms with van der Waals surface area (Å²) in [5, 5.41) is 39.1. The van der Waals surface area contributed by atoms with Crippen molar-refractivity contribution in [3.8, 4) is 41.5 Å². The van der Waals surface area contributed by atoms with Crippen LogP contribution in [-0.4, -0.2) is 30.5 Å². The molecule has 2 heterocycles. The zero-order chi connectivity index (χ0) is 36.8. The lowest BCUT2D eigenvalue weighted by atomic mass is 9.89. The first-order chi connectivity index (χ1) is 23.3. The normalized spacial score (nSPS) is 13.5. The van der Waals surface area contributed by atoms with Crippen molar-refractivity contribution >= 4 is 33.9 Å². The number of rotatable bonds is 5. The van der Waals surface area contributed by atoms with E-state index in [2.05, 4.69) is 24.2 Å². The van der Waals surface area contributed by atoms with Crippen molar-refractivity contribution in [2.75, 3.05) is 0 Å². The topological polar surface area (TPSA) is 148 Å². The number of ether oxygens (including phenoxy) is 3. The van der Waals surface area contributed by atoms with Crippen LogP contribution in [0.4, 0.5) is 50.9 Å². The maximum Gasteiger partial charge on any atom is 0.573 e. The lowest BCUT2D eigenvalue weighted by Gasteiger charge is -2.15. The third-order valence-electron chi connectivity index (χ3n) is 6.72. The Morgan fingerprint density at radius 3 is 1.24 bits per heavy atom. The molecule has 0 aromatic heterocycles. The Bertz CT molecular complexity index is 2200. The first kappa shape index (κ1) is 34.5. The van der Waals surface area contributed by atoms with Crippen molar-refractivity contribution in [2.45, 2.75) is 26.0 Å². The molecule has 0 aliphatic carbocycles. The van der Waals surface area contributed by atoms with Gasteiger partial charge in [-0.05, 0) is 55.0 Å². The van der Waals surface area contributed by atoms with Gasteiger partial charge >= 0.3 is 19.1 Å². The van der Waals surface area contributed by atoms with Gasteiger partial charge in [0.1, 0.15) is 52.7 Å². The Balaban J connectivity index is 1.75. The van der Waals surface area contributed by atoms with E-state index < -0.39 is 58.8 Å². The van der Waals surface area contributed by atoms with E-state index in [9.17, 15) is 60.6 Å². The Hall–Kier alpha value is -6.79. The minimum atomic E-state index is -5.35. The van der Waals surface area contributed by atoms with Gasteiger partial charge in [0.25, 0.3) is 0 Å². The first-order valence-electron chi connectivity index (χ1n) is 13.3. The zero-order valence-electron chi connectivity index (χ0n) is 24.4. The third kappa shape index (κ3) is 7.20. The molecule has 2 aliphatic rings. The summed E-state index contributed by atoms with van der Waals surface area (Å²) in [7, 11) is 0. The summed E-state index contributed by atoms with van der Waals surface area (Å²) in [5.74, 6) is -2.96. The van der Waals surface area contributed by atoms with Crippen molar-refractivity contribution in [1.29, 1.82) is 21.0 Å². The SMILES string of the molecule is Cc1cc(OC(F)(F)F)cc(C2=Nc3cc4c(cc3C2=C(C#N)C#N)C(=C(C#N)C#N)C(c2cc(OC(F)(F)F)cc(OC(F)(F)F)c2)=N4)c1. The standard InChI is InChI=1S/C32H11F9N6O3/c1-14-2-15(4-19(3-14)48-30(33,34)35)28-26(17(10-42)11-43)22-8-23-25(9-24(22)46-28)47-29(27(23)18(12-44)13-45)16-5-20(49-31(36,37)38)7-21(6-16)50-32(39,40)41/h2-9H,1H3. The number of aryl methyl sites for hydroxylation is 1. The highest BCUT2D eigenvalue weighted by molar-refractivity contribution is 6.40. The summed E-state index contributed by atoms with van der Waals surface area (Å²) in [6.07, 6.45) is -15.8. The highest BCUT2D eigenvalue weighted by atomic mass is 19.4. The van der Waals surface area contributed by atoms with Gasteiger partial charge < -0.3 is 14.2 Å². The maximum atomic E-state index is 13.1. The van der Waals surface area contributed by atoms with Crippen molar-refractivity contribution in [3.05, 3.63) is 87.5 Å². The number of benzene rings is 3. The molecule has 3 aromatic rings. The Morgan fingerprint density at radius 2 is 0.880 bits per heavy atom. The second-order valence-corrected chi connectivity index (χ2v) is 10.1. The van der Waals surface area contributed by atoms with E-state index in [1.165, 1.54) is 25.1 Å². The molecule has 18 heteroatoms. The molecule has 0 unspecified atom stereocenters.